The third-order valence-electron chi connectivity index (χ3n) is 3.33. The van der Waals surface area contributed by atoms with E-state index in [1.165, 1.54) is 0 Å². The van der Waals surface area contributed by atoms with Crippen molar-refractivity contribution in [2.75, 3.05) is 0 Å². The summed E-state index contributed by atoms with van der Waals surface area (Å²) in [6.45, 7) is 5.99. The number of aliphatic carboxylic acids is 1. The monoisotopic (exact) mass is 343 g/mol. The summed E-state index contributed by atoms with van der Waals surface area (Å²) in [4.78, 5) is 22.6. The molecule has 6 heteroatoms. The fraction of sp³-hybridized carbons (Fsp3) is 0.375. The molecule has 0 bridgehead atoms. The molecule has 0 aromatic heterocycles. The molecule has 0 radical (unpaired) electrons. The molecular weight excluding hydrogens is 325 g/mol. The van der Waals surface area contributed by atoms with Crippen LogP contribution in [-0.2, 0) is 15.0 Å². The van der Waals surface area contributed by atoms with Gasteiger partial charge in [0.15, 0.2) is 0 Å². The zero-order chi connectivity index (χ0) is 16.9. The van der Waals surface area contributed by atoms with Crippen molar-refractivity contribution in [2.24, 2.45) is 0 Å². The summed E-state index contributed by atoms with van der Waals surface area (Å²) in [6.07, 6.45) is 0.664. The van der Waals surface area contributed by atoms with Gasteiger partial charge in [-0.1, -0.05) is 67.4 Å². The largest absolute Gasteiger partial charge is 0.477 e. The molecule has 0 aliphatic heterocycles. The Bertz CT molecular complexity index is 582. The SMILES string of the molecule is CC(CC(C)(C)c1ccccc1)NC(=O)/C(Cl)=C(/Cl)C(=O)O. The Labute approximate surface area is 140 Å². The summed E-state index contributed by atoms with van der Waals surface area (Å²) in [6, 6.07) is 9.74. The van der Waals surface area contributed by atoms with E-state index in [2.05, 4.69) is 19.2 Å². The van der Waals surface area contributed by atoms with Crippen molar-refractivity contribution in [1.82, 2.24) is 5.32 Å². The van der Waals surface area contributed by atoms with Crippen molar-refractivity contribution in [3.8, 4) is 0 Å². The normalized spacial score (nSPS) is 14.0. The molecule has 0 fully saturated rings. The van der Waals surface area contributed by atoms with E-state index >= 15 is 0 Å². The summed E-state index contributed by atoms with van der Waals surface area (Å²) < 4.78 is 0. The number of carbonyl (C=O) groups excluding carboxylic acids is 1. The van der Waals surface area contributed by atoms with Gasteiger partial charge in [-0.15, -0.1) is 0 Å². The minimum absolute atomic E-state index is 0.152. The highest BCUT2D eigenvalue weighted by Crippen LogP contribution is 2.28. The highest BCUT2D eigenvalue weighted by Gasteiger charge is 2.25. The van der Waals surface area contributed by atoms with E-state index in [0.29, 0.717) is 6.42 Å². The first-order valence-electron chi connectivity index (χ1n) is 6.80. The van der Waals surface area contributed by atoms with Crippen molar-refractivity contribution in [2.45, 2.75) is 38.6 Å². The molecule has 0 heterocycles. The third kappa shape index (κ3) is 5.04. The number of carbonyl (C=O) groups is 2. The van der Waals surface area contributed by atoms with Crippen LogP contribution in [0.4, 0.5) is 0 Å². The molecule has 0 saturated heterocycles. The number of hydrogen-bond donors (Lipinski definition) is 2. The maximum absolute atomic E-state index is 11.9. The highest BCUT2D eigenvalue weighted by atomic mass is 35.5. The van der Waals surface area contributed by atoms with E-state index in [1.807, 2.05) is 37.3 Å². The van der Waals surface area contributed by atoms with E-state index in [4.69, 9.17) is 28.3 Å². The first-order valence-corrected chi connectivity index (χ1v) is 7.55. The van der Waals surface area contributed by atoms with E-state index in [-0.39, 0.29) is 11.5 Å². The van der Waals surface area contributed by atoms with Gasteiger partial charge in [0.05, 0.1) is 0 Å². The molecule has 1 rings (SSSR count). The second kappa shape index (κ2) is 7.65. The quantitative estimate of drug-likeness (QED) is 0.775. The van der Waals surface area contributed by atoms with Gasteiger partial charge in [0.25, 0.3) is 5.91 Å². The minimum atomic E-state index is -1.43. The van der Waals surface area contributed by atoms with Gasteiger partial charge in [-0.2, -0.15) is 0 Å². The molecule has 2 N–H and O–H groups in total. The molecule has 120 valence electrons. The van der Waals surface area contributed by atoms with Gasteiger partial charge in [0, 0.05) is 6.04 Å². The van der Waals surface area contributed by atoms with Gasteiger partial charge in [-0.25, -0.2) is 4.79 Å². The van der Waals surface area contributed by atoms with Gasteiger partial charge in [-0.3, -0.25) is 4.79 Å². The van der Waals surface area contributed by atoms with Gasteiger partial charge < -0.3 is 10.4 Å². The number of rotatable bonds is 6. The van der Waals surface area contributed by atoms with Crippen molar-refractivity contribution < 1.29 is 14.7 Å². The molecule has 4 nitrogen and oxygen atoms in total. The molecule has 22 heavy (non-hydrogen) atoms. The predicted molar refractivity (Wildman–Crippen MR) is 88.1 cm³/mol. The van der Waals surface area contributed by atoms with Crippen molar-refractivity contribution in [3.05, 3.63) is 46.0 Å². The Morgan fingerprint density at radius 3 is 2.23 bits per heavy atom. The second-order valence-corrected chi connectivity index (χ2v) is 6.52. The third-order valence-corrected chi connectivity index (χ3v) is 4.14. The van der Waals surface area contributed by atoms with Crippen LogP contribution in [0.5, 0.6) is 0 Å². The lowest BCUT2D eigenvalue weighted by atomic mass is 9.79. The molecule has 0 aliphatic rings. The van der Waals surface area contributed by atoms with Crippen LogP contribution in [0.1, 0.15) is 32.8 Å². The number of hydrogen-bond acceptors (Lipinski definition) is 2. The first-order chi connectivity index (χ1) is 10.1. The molecule has 1 amide bonds. The van der Waals surface area contributed by atoms with E-state index in [0.717, 1.165) is 5.56 Å². The predicted octanol–water partition coefficient (Wildman–Crippen LogP) is 3.63. The first kappa shape index (κ1) is 18.5. The zero-order valence-corrected chi connectivity index (χ0v) is 14.2. The Hall–Kier alpha value is -1.52. The van der Waals surface area contributed by atoms with Crippen LogP contribution in [0.15, 0.2) is 40.4 Å². The second-order valence-electron chi connectivity index (χ2n) is 5.76. The fourth-order valence-corrected chi connectivity index (χ4v) is 2.53. The lowest BCUT2D eigenvalue weighted by Gasteiger charge is -2.29. The van der Waals surface area contributed by atoms with E-state index in [9.17, 15) is 9.59 Å². The molecule has 1 aromatic rings. The standard InChI is InChI=1S/C16H19Cl2NO3/c1-10(19-14(20)12(17)13(18)15(21)22)9-16(2,3)11-7-5-4-6-8-11/h4-8,10H,9H2,1-3H3,(H,19,20)(H,21,22)/b13-12-. The average molecular weight is 344 g/mol. The van der Waals surface area contributed by atoms with E-state index in [1.54, 1.807) is 0 Å². The maximum atomic E-state index is 11.9. The van der Waals surface area contributed by atoms with Crippen LogP contribution < -0.4 is 5.32 Å². The van der Waals surface area contributed by atoms with Crippen LogP contribution in [0, 0.1) is 0 Å². The van der Waals surface area contributed by atoms with Crippen LogP contribution in [0.2, 0.25) is 0 Å². The number of nitrogens with one attached hydrogen (secondary N) is 1. The highest BCUT2D eigenvalue weighted by molar-refractivity contribution is 6.53. The minimum Gasteiger partial charge on any atom is -0.477 e. The van der Waals surface area contributed by atoms with Crippen LogP contribution in [-0.4, -0.2) is 23.0 Å². The summed E-state index contributed by atoms with van der Waals surface area (Å²) in [5, 5.41) is 10.2. The smallest absolute Gasteiger partial charge is 0.349 e. The van der Waals surface area contributed by atoms with Crippen LogP contribution in [0.25, 0.3) is 0 Å². The number of amides is 1. The lowest BCUT2D eigenvalue weighted by molar-refractivity contribution is -0.132. The number of benzene rings is 1. The molecule has 0 spiro atoms. The Balaban J connectivity index is 2.74. The summed E-state index contributed by atoms with van der Waals surface area (Å²) in [5.41, 5.74) is 1.00. The average Bonchev–Trinajstić information content (AvgIpc) is 2.45. The van der Waals surface area contributed by atoms with Gasteiger partial charge in [0.1, 0.15) is 10.1 Å². The molecule has 0 aliphatic carbocycles. The summed E-state index contributed by atoms with van der Waals surface area (Å²) >= 11 is 11.1. The van der Waals surface area contributed by atoms with Crippen molar-refractivity contribution in [1.29, 1.82) is 0 Å². The zero-order valence-electron chi connectivity index (χ0n) is 12.7. The molecule has 1 aromatic carbocycles. The number of carboxylic acid groups (broad SMARTS) is 1. The topological polar surface area (TPSA) is 66.4 Å². The van der Waals surface area contributed by atoms with Crippen molar-refractivity contribution in [3.63, 3.8) is 0 Å². The molecule has 1 atom stereocenters. The van der Waals surface area contributed by atoms with Gasteiger partial charge in [-0.05, 0) is 24.3 Å². The van der Waals surface area contributed by atoms with Crippen LogP contribution >= 0.6 is 23.2 Å². The van der Waals surface area contributed by atoms with Gasteiger partial charge >= 0.3 is 5.97 Å². The molecular formula is C16H19Cl2NO3. The Morgan fingerprint density at radius 1 is 1.18 bits per heavy atom. The fourth-order valence-electron chi connectivity index (χ4n) is 2.30. The number of carboxylic acids is 1. The Kier molecular flexibility index (Phi) is 6.45. The van der Waals surface area contributed by atoms with Crippen molar-refractivity contribution >= 4 is 35.1 Å². The van der Waals surface area contributed by atoms with Crippen LogP contribution in [0.3, 0.4) is 0 Å². The molecule has 1 unspecified atom stereocenters. The molecule has 0 saturated carbocycles. The summed E-state index contributed by atoms with van der Waals surface area (Å²) in [7, 11) is 0. The summed E-state index contributed by atoms with van der Waals surface area (Å²) in [5.74, 6) is -2.12. The maximum Gasteiger partial charge on any atom is 0.349 e. The number of halogens is 2. The lowest BCUT2D eigenvalue weighted by Crippen LogP contribution is -2.37. The van der Waals surface area contributed by atoms with E-state index < -0.39 is 21.9 Å². The van der Waals surface area contributed by atoms with Gasteiger partial charge in [0.2, 0.25) is 0 Å². The Morgan fingerprint density at radius 2 is 1.73 bits per heavy atom.